The Morgan fingerprint density at radius 3 is 2.48 bits per heavy atom. The molecule has 0 atom stereocenters. The molecule has 2 aliphatic heterocycles. The first-order chi connectivity index (χ1) is 14.9. The standard InChI is InChI=1S/C23H29N3O4S/c1-25-17-23(18-30-20-9-5-6-10-21(20)31(25,28)29)12-15-26(16-13-23)22(27)24-14-11-19-7-3-2-4-8-19/h2-10H,11-18H2,1H3,(H,24,27). The summed E-state index contributed by atoms with van der Waals surface area (Å²) in [4.78, 5) is 14.6. The van der Waals surface area contributed by atoms with Gasteiger partial charge in [0.25, 0.3) is 0 Å². The number of nitrogens with one attached hydrogen (secondary N) is 1. The second kappa shape index (κ2) is 8.88. The molecule has 1 fully saturated rings. The lowest BCUT2D eigenvalue weighted by atomic mass is 9.79. The van der Waals surface area contributed by atoms with Crippen molar-refractivity contribution in [3.63, 3.8) is 0 Å². The van der Waals surface area contributed by atoms with E-state index in [0.717, 1.165) is 6.42 Å². The molecule has 0 saturated carbocycles. The smallest absolute Gasteiger partial charge is 0.317 e. The molecule has 1 spiro atoms. The average molecular weight is 444 g/mol. The molecule has 1 N–H and O–H groups in total. The molecule has 0 unspecified atom stereocenters. The highest BCUT2D eigenvalue weighted by atomic mass is 32.2. The lowest BCUT2D eigenvalue weighted by Gasteiger charge is -2.44. The van der Waals surface area contributed by atoms with Crippen molar-refractivity contribution in [1.82, 2.24) is 14.5 Å². The molecule has 2 aromatic carbocycles. The number of nitrogens with zero attached hydrogens (tertiary/aromatic N) is 2. The summed E-state index contributed by atoms with van der Waals surface area (Å²) in [5.74, 6) is 0.398. The first-order valence-corrected chi connectivity index (χ1v) is 12.1. The third-order valence-corrected chi connectivity index (χ3v) is 8.12. The van der Waals surface area contributed by atoms with Crippen molar-refractivity contribution in [2.24, 2.45) is 5.41 Å². The molecule has 31 heavy (non-hydrogen) atoms. The highest BCUT2D eigenvalue weighted by Gasteiger charge is 2.42. The lowest BCUT2D eigenvalue weighted by Crippen LogP contribution is -2.53. The summed E-state index contributed by atoms with van der Waals surface area (Å²) < 4.78 is 33.4. The fourth-order valence-corrected chi connectivity index (χ4v) is 5.75. The van der Waals surface area contributed by atoms with Gasteiger partial charge in [-0.05, 0) is 37.0 Å². The van der Waals surface area contributed by atoms with Gasteiger partial charge in [-0.25, -0.2) is 17.5 Å². The molecular formula is C23H29N3O4S. The third-order valence-electron chi connectivity index (χ3n) is 6.27. The second-order valence-corrected chi connectivity index (χ2v) is 10.5. The molecule has 0 aromatic heterocycles. The van der Waals surface area contributed by atoms with E-state index in [-0.39, 0.29) is 16.3 Å². The van der Waals surface area contributed by atoms with Crippen LogP contribution < -0.4 is 10.1 Å². The molecule has 0 radical (unpaired) electrons. The van der Waals surface area contributed by atoms with Gasteiger partial charge in [-0.15, -0.1) is 0 Å². The maximum absolute atomic E-state index is 13.0. The van der Waals surface area contributed by atoms with E-state index < -0.39 is 10.0 Å². The maximum Gasteiger partial charge on any atom is 0.317 e. The van der Waals surface area contributed by atoms with Crippen molar-refractivity contribution in [2.75, 3.05) is 39.8 Å². The van der Waals surface area contributed by atoms with Gasteiger partial charge < -0.3 is 15.0 Å². The molecular weight excluding hydrogens is 414 g/mol. The van der Waals surface area contributed by atoms with Crippen LogP contribution in [0, 0.1) is 5.41 Å². The van der Waals surface area contributed by atoms with Gasteiger partial charge in [0, 0.05) is 38.6 Å². The lowest BCUT2D eigenvalue weighted by molar-refractivity contribution is 0.0494. The zero-order valence-corrected chi connectivity index (χ0v) is 18.6. The van der Waals surface area contributed by atoms with E-state index >= 15 is 0 Å². The predicted molar refractivity (Wildman–Crippen MR) is 119 cm³/mol. The number of carbonyl (C=O) groups excluding carboxylic acids is 1. The molecule has 2 heterocycles. The number of piperidine rings is 1. The zero-order chi connectivity index (χ0) is 21.9. The van der Waals surface area contributed by atoms with E-state index in [1.807, 2.05) is 35.2 Å². The van der Waals surface area contributed by atoms with E-state index in [1.54, 1.807) is 31.3 Å². The van der Waals surface area contributed by atoms with E-state index in [2.05, 4.69) is 5.32 Å². The Labute approximate surface area is 184 Å². The van der Waals surface area contributed by atoms with Crippen molar-refractivity contribution in [3.8, 4) is 5.75 Å². The van der Waals surface area contributed by atoms with Gasteiger partial charge >= 0.3 is 6.03 Å². The number of carbonyl (C=O) groups is 1. The zero-order valence-electron chi connectivity index (χ0n) is 17.8. The van der Waals surface area contributed by atoms with Crippen LogP contribution in [0.5, 0.6) is 5.75 Å². The highest BCUT2D eigenvalue weighted by molar-refractivity contribution is 7.89. The van der Waals surface area contributed by atoms with E-state index in [9.17, 15) is 13.2 Å². The molecule has 7 nitrogen and oxygen atoms in total. The molecule has 4 rings (SSSR count). The van der Waals surface area contributed by atoms with Crippen molar-refractivity contribution in [2.45, 2.75) is 24.2 Å². The molecule has 2 aromatic rings. The second-order valence-electron chi connectivity index (χ2n) is 8.45. The third kappa shape index (κ3) is 4.70. The van der Waals surface area contributed by atoms with E-state index in [4.69, 9.17) is 4.74 Å². The van der Waals surface area contributed by atoms with Gasteiger partial charge in [0.05, 0.1) is 6.61 Å². The van der Waals surface area contributed by atoms with Crippen molar-refractivity contribution >= 4 is 16.1 Å². The van der Waals surface area contributed by atoms with E-state index in [0.29, 0.717) is 51.4 Å². The van der Waals surface area contributed by atoms with Crippen LogP contribution in [0.3, 0.4) is 0 Å². The van der Waals surface area contributed by atoms with Crippen LogP contribution in [0.1, 0.15) is 18.4 Å². The monoisotopic (exact) mass is 443 g/mol. The number of hydrogen-bond acceptors (Lipinski definition) is 4. The fraction of sp³-hybridized carbons (Fsp3) is 0.435. The van der Waals surface area contributed by atoms with Crippen LogP contribution >= 0.6 is 0 Å². The predicted octanol–water partition coefficient (Wildman–Crippen LogP) is 2.73. The van der Waals surface area contributed by atoms with Gasteiger partial charge in [-0.3, -0.25) is 0 Å². The van der Waals surface area contributed by atoms with Crippen LogP contribution in [0.25, 0.3) is 0 Å². The number of benzene rings is 2. The first kappa shape index (κ1) is 21.6. The van der Waals surface area contributed by atoms with Gasteiger partial charge in [0.2, 0.25) is 10.0 Å². The number of para-hydroxylation sites is 1. The number of urea groups is 1. The molecule has 2 aliphatic rings. The molecule has 0 bridgehead atoms. The number of amides is 2. The van der Waals surface area contributed by atoms with Crippen LogP contribution in [0.4, 0.5) is 4.79 Å². The van der Waals surface area contributed by atoms with Crippen LogP contribution in [0.15, 0.2) is 59.5 Å². The molecule has 1 saturated heterocycles. The quantitative estimate of drug-likeness (QED) is 0.791. The van der Waals surface area contributed by atoms with Gasteiger partial charge in [-0.1, -0.05) is 42.5 Å². The van der Waals surface area contributed by atoms with Crippen molar-refractivity contribution < 1.29 is 17.9 Å². The van der Waals surface area contributed by atoms with Gasteiger partial charge in [-0.2, -0.15) is 0 Å². The number of rotatable bonds is 3. The SMILES string of the molecule is CN1CC2(CCN(C(=O)NCCc3ccccc3)CC2)COc2ccccc2S1(=O)=O. The number of likely N-dealkylation sites (tertiary alicyclic amines) is 1. The Kier molecular flexibility index (Phi) is 6.20. The summed E-state index contributed by atoms with van der Waals surface area (Å²) in [5.41, 5.74) is 0.882. The summed E-state index contributed by atoms with van der Waals surface area (Å²) in [6.45, 7) is 2.57. The Morgan fingerprint density at radius 2 is 1.74 bits per heavy atom. The number of sulfonamides is 1. The summed E-state index contributed by atoms with van der Waals surface area (Å²) in [5, 5.41) is 3.00. The molecule has 8 heteroatoms. The Bertz CT molecular complexity index is 1020. The summed E-state index contributed by atoms with van der Waals surface area (Å²) in [6, 6.07) is 16.8. The van der Waals surface area contributed by atoms with Crippen molar-refractivity contribution in [1.29, 1.82) is 0 Å². The van der Waals surface area contributed by atoms with Crippen LogP contribution in [0.2, 0.25) is 0 Å². The maximum atomic E-state index is 13.0. The van der Waals surface area contributed by atoms with Gasteiger partial charge in [0.1, 0.15) is 10.6 Å². The largest absolute Gasteiger partial charge is 0.492 e. The normalized spacial score (nSPS) is 20.2. The Balaban J connectivity index is 1.36. The van der Waals surface area contributed by atoms with Crippen LogP contribution in [-0.2, 0) is 16.4 Å². The Hall–Kier alpha value is -2.58. The number of ether oxygens (including phenoxy) is 1. The minimum Gasteiger partial charge on any atom is -0.492 e. The first-order valence-electron chi connectivity index (χ1n) is 10.6. The average Bonchev–Trinajstić information content (AvgIpc) is 2.78. The topological polar surface area (TPSA) is 79.0 Å². The minimum atomic E-state index is -3.61. The minimum absolute atomic E-state index is 0.0659. The highest BCUT2D eigenvalue weighted by Crippen LogP contribution is 2.38. The molecule has 0 aliphatic carbocycles. The van der Waals surface area contributed by atoms with Crippen molar-refractivity contribution in [3.05, 3.63) is 60.2 Å². The summed E-state index contributed by atoms with van der Waals surface area (Å²) in [7, 11) is -1.98. The number of fused-ring (bicyclic) bond motifs is 1. The fourth-order valence-electron chi connectivity index (χ4n) is 4.34. The Morgan fingerprint density at radius 1 is 1.06 bits per heavy atom. The van der Waals surface area contributed by atoms with E-state index in [1.165, 1.54) is 9.87 Å². The van der Waals surface area contributed by atoms with Gasteiger partial charge in [0.15, 0.2) is 0 Å². The molecule has 166 valence electrons. The molecule has 2 amide bonds. The number of hydrogen-bond donors (Lipinski definition) is 1. The summed E-state index contributed by atoms with van der Waals surface area (Å²) >= 11 is 0. The summed E-state index contributed by atoms with van der Waals surface area (Å²) in [6.07, 6.45) is 2.18. The van der Waals surface area contributed by atoms with Crippen LogP contribution in [-0.4, -0.2) is 63.5 Å².